The van der Waals surface area contributed by atoms with Crippen molar-refractivity contribution in [1.29, 1.82) is 0 Å². The lowest BCUT2D eigenvalue weighted by atomic mass is 10.3. The highest BCUT2D eigenvalue weighted by molar-refractivity contribution is 6.90. The predicted molar refractivity (Wildman–Crippen MR) is 260 cm³/mol. The monoisotopic (exact) mass is 982 g/mol. The molecule has 16 nitrogen and oxygen atoms in total. The Balaban J connectivity index is 1.38. The van der Waals surface area contributed by atoms with Gasteiger partial charge in [0.1, 0.15) is 0 Å². The first kappa shape index (κ1) is 54.4. The van der Waals surface area contributed by atoms with Crippen molar-refractivity contribution < 1.29 is 49.0 Å². The first-order valence-corrected chi connectivity index (χ1v) is 37.4. The van der Waals surface area contributed by atoms with Crippen molar-refractivity contribution in [1.82, 2.24) is 24.5 Å². The number of nitrogens with zero attached hydrogens (tertiary/aromatic N) is 5. The van der Waals surface area contributed by atoms with Crippen molar-refractivity contribution in [3.05, 3.63) is 0 Å². The van der Waals surface area contributed by atoms with Crippen molar-refractivity contribution in [2.75, 3.05) is 178 Å². The van der Waals surface area contributed by atoms with Crippen LogP contribution in [-0.2, 0) is 49.0 Å². The maximum absolute atomic E-state index is 7.86. The molecular weight excluding hydrogens is 891 g/mol. The number of rotatable bonds is 30. The molecule has 5 aliphatic heterocycles. The molecule has 5 heterocycles. The van der Waals surface area contributed by atoms with Gasteiger partial charge in [-0.3, -0.25) is 24.5 Å². The summed E-state index contributed by atoms with van der Waals surface area (Å²) >= 11 is 0. The molecule has 0 aromatic heterocycles. The predicted octanol–water partition coefficient (Wildman–Crippen LogP) is 4.32. The molecule has 0 radical (unpaired) electrons. The zero-order chi connectivity index (χ0) is 44.9. The molecule has 0 aliphatic carbocycles. The molecule has 0 saturated carbocycles. The van der Waals surface area contributed by atoms with E-state index in [1.165, 1.54) is 0 Å². The normalized spacial score (nSPS) is 25.8. The lowest BCUT2D eigenvalue weighted by molar-refractivity contribution is 0.0375. The number of hydrogen-bond donors (Lipinski definition) is 0. The van der Waals surface area contributed by atoms with Crippen LogP contribution in [0.4, 0.5) is 0 Å². The van der Waals surface area contributed by atoms with Gasteiger partial charge in [0.05, 0.1) is 66.1 Å². The summed E-state index contributed by atoms with van der Waals surface area (Å²) in [4.78, 5) is 12.6. The average Bonchev–Trinajstić information content (AvgIpc) is 3.28. The zero-order valence-corrected chi connectivity index (χ0v) is 46.0. The highest BCUT2D eigenvalue weighted by Gasteiger charge is 2.53. The zero-order valence-electron chi connectivity index (χ0n) is 41.0. The van der Waals surface area contributed by atoms with Crippen LogP contribution in [-0.4, -0.2) is 246 Å². The van der Waals surface area contributed by atoms with Gasteiger partial charge in [0.15, 0.2) is 0 Å². The first-order chi connectivity index (χ1) is 30.3. The van der Waals surface area contributed by atoms with E-state index in [0.717, 1.165) is 227 Å². The molecule has 5 rings (SSSR count). The van der Waals surface area contributed by atoms with Gasteiger partial charge in [-0.2, -0.15) is 0 Å². The van der Waals surface area contributed by atoms with E-state index in [9.17, 15) is 0 Å². The van der Waals surface area contributed by atoms with Crippen LogP contribution < -0.4 is 0 Å². The highest BCUT2D eigenvalue weighted by atomic mass is 28.5. The SMILES string of the molecule is CO[Si](C)(CCCN1CCOCC1)O[Si](C)(CCCN1CCOCC1)O[Si](C)(CCCN1CCOCC1)O[Si](C)(CCCN1CCOCC1)O[Si](C)(CCCN1CCOCC1)OC. The summed E-state index contributed by atoms with van der Waals surface area (Å²) in [7, 11) is -10.4. The third kappa shape index (κ3) is 20.5. The minimum atomic E-state index is -2.99. The van der Waals surface area contributed by atoms with Gasteiger partial charge >= 0.3 is 42.8 Å². The lowest BCUT2D eigenvalue weighted by Gasteiger charge is -2.46. The Hall–Kier alpha value is 0.444. The van der Waals surface area contributed by atoms with Gasteiger partial charge < -0.3 is 49.0 Å². The molecule has 0 N–H and O–H groups in total. The van der Waals surface area contributed by atoms with Crippen LogP contribution in [0.25, 0.3) is 0 Å². The van der Waals surface area contributed by atoms with Crippen LogP contribution in [0.5, 0.6) is 0 Å². The fourth-order valence-corrected chi connectivity index (χ4v) is 34.4. The van der Waals surface area contributed by atoms with Gasteiger partial charge in [0, 0.05) is 79.7 Å². The van der Waals surface area contributed by atoms with Crippen molar-refractivity contribution in [3.8, 4) is 0 Å². The molecule has 4 atom stereocenters. The minimum Gasteiger partial charge on any atom is -0.416 e. The molecule has 0 aromatic rings. The number of ether oxygens (including phenoxy) is 5. The molecule has 21 heteroatoms. The van der Waals surface area contributed by atoms with E-state index in [2.05, 4.69) is 57.2 Å². The van der Waals surface area contributed by atoms with E-state index < -0.39 is 42.8 Å². The number of hydrogen-bond acceptors (Lipinski definition) is 16. The minimum absolute atomic E-state index is 0.795. The van der Waals surface area contributed by atoms with Gasteiger partial charge in [-0.25, -0.2) is 0 Å². The second-order valence-electron chi connectivity index (χ2n) is 19.3. The Kier molecular flexibility index (Phi) is 24.3. The Labute approximate surface area is 388 Å². The Bertz CT molecular complexity index is 1170. The summed E-state index contributed by atoms with van der Waals surface area (Å²) in [6.45, 7) is 34.5. The summed E-state index contributed by atoms with van der Waals surface area (Å²) < 4.78 is 72.2. The molecule has 0 aromatic carbocycles. The van der Waals surface area contributed by atoms with Gasteiger partial charge in [-0.05, 0) is 128 Å². The quantitative estimate of drug-likeness (QED) is 0.0952. The van der Waals surface area contributed by atoms with Gasteiger partial charge in [0.2, 0.25) is 0 Å². The van der Waals surface area contributed by atoms with E-state index in [1.54, 1.807) is 0 Å². The highest BCUT2D eigenvalue weighted by Crippen LogP contribution is 2.36. The molecule has 5 saturated heterocycles. The van der Waals surface area contributed by atoms with E-state index in [4.69, 9.17) is 49.0 Å². The van der Waals surface area contributed by atoms with Crippen LogP contribution in [0.3, 0.4) is 0 Å². The van der Waals surface area contributed by atoms with Crippen LogP contribution in [0, 0.1) is 0 Å². The van der Waals surface area contributed by atoms with Crippen LogP contribution in [0.2, 0.25) is 63.0 Å². The van der Waals surface area contributed by atoms with E-state index in [0.29, 0.717) is 0 Å². The topological polar surface area (TPSA) is 118 Å². The van der Waals surface area contributed by atoms with Crippen molar-refractivity contribution >= 4 is 42.8 Å². The van der Waals surface area contributed by atoms with Crippen molar-refractivity contribution in [3.63, 3.8) is 0 Å². The Morgan fingerprint density at radius 3 is 0.667 bits per heavy atom. The molecule has 5 fully saturated rings. The van der Waals surface area contributed by atoms with Crippen LogP contribution >= 0.6 is 0 Å². The third-order valence-corrected chi connectivity index (χ3v) is 35.5. The Morgan fingerprint density at radius 2 is 0.476 bits per heavy atom. The second-order valence-corrected chi connectivity index (χ2v) is 37.2. The maximum atomic E-state index is 7.86. The molecule has 5 aliphatic rings. The van der Waals surface area contributed by atoms with Crippen molar-refractivity contribution in [2.45, 2.75) is 95.1 Å². The van der Waals surface area contributed by atoms with Gasteiger partial charge in [-0.1, -0.05) is 0 Å². The molecule has 0 amide bonds. The third-order valence-electron chi connectivity index (χ3n) is 13.6. The summed E-state index contributed by atoms with van der Waals surface area (Å²) in [6.07, 6.45) is 5.08. The van der Waals surface area contributed by atoms with E-state index in [1.807, 2.05) is 14.2 Å². The van der Waals surface area contributed by atoms with Gasteiger partial charge in [-0.15, -0.1) is 0 Å². The average molecular weight is 983 g/mol. The fraction of sp³-hybridized carbons (Fsp3) is 1.00. The molecule has 0 spiro atoms. The molecule has 63 heavy (non-hydrogen) atoms. The van der Waals surface area contributed by atoms with Crippen LogP contribution in [0.15, 0.2) is 0 Å². The first-order valence-electron chi connectivity index (χ1n) is 24.8. The maximum Gasteiger partial charge on any atom is 0.325 e. The van der Waals surface area contributed by atoms with E-state index >= 15 is 0 Å². The molecule has 370 valence electrons. The molecular formula is C42H91N5O11Si5. The lowest BCUT2D eigenvalue weighted by Crippen LogP contribution is -2.62. The second kappa shape index (κ2) is 28.2. The standard InChI is InChI=1S/C42H91N5O11Si5/c1-48-59(3,38-8-13-43-18-28-50-29-19-43)55-61(5,40-10-15-45-22-32-52-33-23-45)57-63(7,42-12-17-47-26-36-54-37-27-47)58-62(6,41-11-16-46-24-34-53-35-25-46)56-60(4,49-2)39-9-14-44-20-30-51-31-21-44/h8-42H2,1-7H3. The van der Waals surface area contributed by atoms with Gasteiger partial charge in [0.25, 0.3) is 0 Å². The van der Waals surface area contributed by atoms with Crippen molar-refractivity contribution in [2.24, 2.45) is 0 Å². The molecule has 4 unspecified atom stereocenters. The fourth-order valence-electron chi connectivity index (χ4n) is 9.83. The van der Waals surface area contributed by atoms with E-state index in [-0.39, 0.29) is 0 Å². The van der Waals surface area contributed by atoms with Crippen LogP contribution in [0.1, 0.15) is 32.1 Å². The summed E-state index contributed by atoms with van der Waals surface area (Å²) in [5.74, 6) is 0. The number of morpholine rings is 5. The Morgan fingerprint density at radius 1 is 0.302 bits per heavy atom. The molecule has 0 bridgehead atoms. The smallest absolute Gasteiger partial charge is 0.325 e. The summed E-state index contributed by atoms with van der Waals surface area (Å²) in [5.41, 5.74) is 0. The summed E-state index contributed by atoms with van der Waals surface area (Å²) in [5, 5.41) is 0. The largest absolute Gasteiger partial charge is 0.416 e. The summed E-state index contributed by atoms with van der Waals surface area (Å²) in [6, 6.07) is 4.49.